The topological polar surface area (TPSA) is 90.5 Å². The van der Waals surface area contributed by atoms with Gasteiger partial charge in [0.2, 0.25) is 11.8 Å². The first-order valence-electron chi connectivity index (χ1n) is 11.4. The van der Waals surface area contributed by atoms with Crippen LogP contribution in [0.5, 0.6) is 0 Å². The molecule has 1 aliphatic heterocycles. The van der Waals surface area contributed by atoms with Crippen LogP contribution in [0.25, 0.3) is 10.9 Å². The highest BCUT2D eigenvalue weighted by atomic mass is 19.4. The summed E-state index contributed by atoms with van der Waals surface area (Å²) in [5, 5.41) is 6.02. The third kappa shape index (κ3) is 5.40. The van der Waals surface area contributed by atoms with E-state index in [0.717, 1.165) is 50.9 Å². The SMILES string of the molecule is CC(=O)N(C)C1CCC(N2CC(NC(=O)CNc3ncnc4ccc(C(F)(F)F)cc34)C2)CC1. The molecule has 0 radical (unpaired) electrons. The lowest BCUT2D eigenvalue weighted by atomic mass is 9.87. The van der Waals surface area contributed by atoms with E-state index in [9.17, 15) is 22.8 Å². The molecule has 1 saturated heterocycles. The minimum Gasteiger partial charge on any atom is -0.360 e. The first-order valence-corrected chi connectivity index (χ1v) is 11.4. The van der Waals surface area contributed by atoms with Crippen LogP contribution < -0.4 is 10.6 Å². The van der Waals surface area contributed by atoms with Crippen LogP contribution in [0.15, 0.2) is 24.5 Å². The first-order chi connectivity index (χ1) is 16.1. The molecule has 0 unspecified atom stereocenters. The Morgan fingerprint density at radius 2 is 1.85 bits per heavy atom. The Kier molecular flexibility index (Phi) is 6.92. The number of carbonyl (C=O) groups excluding carboxylic acids is 2. The van der Waals surface area contributed by atoms with E-state index < -0.39 is 11.7 Å². The number of rotatable bonds is 6. The molecule has 1 saturated carbocycles. The third-order valence-corrected chi connectivity index (χ3v) is 6.88. The number of alkyl halides is 3. The second-order valence-electron chi connectivity index (χ2n) is 9.12. The van der Waals surface area contributed by atoms with E-state index >= 15 is 0 Å². The predicted octanol–water partition coefficient (Wildman–Crippen LogP) is 2.65. The van der Waals surface area contributed by atoms with E-state index in [-0.39, 0.29) is 35.6 Å². The zero-order valence-corrected chi connectivity index (χ0v) is 19.2. The number of benzene rings is 1. The highest BCUT2D eigenvalue weighted by Gasteiger charge is 2.36. The number of amides is 2. The molecule has 8 nitrogen and oxygen atoms in total. The van der Waals surface area contributed by atoms with Gasteiger partial charge in [0.1, 0.15) is 12.1 Å². The Morgan fingerprint density at radius 3 is 2.50 bits per heavy atom. The van der Waals surface area contributed by atoms with Crippen molar-refractivity contribution in [2.45, 2.75) is 56.9 Å². The van der Waals surface area contributed by atoms with Gasteiger partial charge in [-0.1, -0.05) is 0 Å². The van der Waals surface area contributed by atoms with E-state index in [4.69, 9.17) is 0 Å². The van der Waals surface area contributed by atoms with Crippen LogP contribution in [-0.4, -0.2) is 76.4 Å². The normalized spacial score (nSPS) is 21.7. The molecule has 2 fully saturated rings. The predicted molar refractivity (Wildman–Crippen MR) is 121 cm³/mol. The number of aromatic nitrogens is 2. The summed E-state index contributed by atoms with van der Waals surface area (Å²) in [5.74, 6) is 0.0449. The first kappa shape index (κ1) is 24.2. The van der Waals surface area contributed by atoms with Crippen molar-refractivity contribution >= 4 is 28.5 Å². The van der Waals surface area contributed by atoms with Crippen LogP contribution in [0.3, 0.4) is 0 Å². The number of halogens is 3. The number of hydrogen-bond donors (Lipinski definition) is 2. The lowest BCUT2D eigenvalue weighted by molar-refractivity contribution is -0.137. The Morgan fingerprint density at radius 1 is 1.15 bits per heavy atom. The molecular formula is C23H29F3N6O2. The standard InChI is InChI=1S/C23H29F3N6O2/c1-14(33)31(2)17-4-6-18(7-5-17)32-11-16(12-32)30-21(34)10-27-22-19-9-15(23(24,25)26)3-8-20(19)28-13-29-22/h3,8-9,13,16-18H,4-7,10-12H2,1-2H3,(H,30,34)(H,27,28,29). The van der Waals surface area contributed by atoms with E-state index in [2.05, 4.69) is 25.5 Å². The number of anilines is 1. The van der Waals surface area contributed by atoms with Gasteiger partial charge in [0, 0.05) is 44.5 Å². The van der Waals surface area contributed by atoms with Gasteiger partial charge in [0.05, 0.1) is 23.7 Å². The van der Waals surface area contributed by atoms with Crippen molar-refractivity contribution in [1.29, 1.82) is 0 Å². The number of nitrogens with one attached hydrogen (secondary N) is 2. The number of hydrogen-bond acceptors (Lipinski definition) is 6. The zero-order chi connectivity index (χ0) is 24.5. The molecule has 0 bridgehead atoms. The maximum absolute atomic E-state index is 13.1. The Hall–Kier alpha value is -2.95. The summed E-state index contributed by atoms with van der Waals surface area (Å²) in [5.41, 5.74) is -0.427. The highest BCUT2D eigenvalue weighted by molar-refractivity contribution is 5.91. The quantitative estimate of drug-likeness (QED) is 0.664. The second-order valence-corrected chi connectivity index (χ2v) is 9.12. The maximum Gasteiger partial charge on any atom is 0.416 e. The lowest BCUT2D eigenvalue weighted by Crippen LogP contribution is -2.63. The molecule has 34 heavy (non-hydrogen) atoms. The average molecular weight is 479 g/mol. The molecule has 184 valence electrons. The minimum absolute atomic E-state index is 0.0471. The zero-order valence-electron chi connectivity index (χ0n) is 19.2. The molecule has 2 amide bonds. The van der Waals surface area contributed by atoms with Crippen LogP contribution >= 0.6 is 0 Å². The molecule has 1 aliphatic carbocycles. The molecular weight excluding hydrogens is 449 g/mol. The van der Waals surface area contributed by atoms with Gasteiger partial charge < -0.3 is 15.5 Å². The van der Waals surface area contributed by atoms with E-state index in [0.29, 0.717) is 17.6 Å². The Balaban J connectivity index is 1.24. The summed E-state index contributed by atoms with van der Waals surface area (Å²) in [6, 6.07) is 4.08. The molecule has 0 atom stereocenters. The van der Waals surface area contributed by atoms with Gasteiger partial charge in [-0.15, -0.1) is 0 Å². The fourth-order valence-electron chi connectivity index (χ4n) is 4.79. The van der Waals surface area contributed by atoms with Gasteiger partial charge in [0.25, 0.3) is 0 Å². The number of fused-ring (bicyclic) bond motifs is 1. The smallest absolute Gasteiger partial charge is 0.360 e. The average Bonchev–Trinajstić information content (AvgIpc) is 2.78. The van der Waals surface area contributed by atoms with Gasteiger partial charge >= 0.3 is 6.18 Å². The third-order valence-electron chi connectivity index (χ3n) is 6.88. The minimum atomic E-state index is -4.47. The molecule has 2 heterocycles. The number of nitrogens with zero attached hydrogens (tertiary/aromatic N) is 4. The van der Waals surface area contributed by atoms with E-state index in [1.165, 1.54) is 12.4 Å². The molecule has 2 N–H and O–H groups in total. The van der Waals surface area contributed by atoms with Crippen LogP contribution in [0.4, 0.5) is 19.0 Å². The molecule has 0 spiro atoms. The summed E-state index contributed by atoms with van der Waals surface area (Å²) in [6.45, 7) is 3.04. The summed E-state index contributed by atoms with van der Waals surface area (Å²) < 4.78 is 39.2. The van der Waals surface area contributed by atoms with Gasteiger partial charge in [-0.05, 0) is 43.9 Å². The fourth-order valence-corrected chi connectivity index (χ4v) is 4.79. The summed E-state index contributed by atoms with van der Waals surface area (Å²) >= 11 is 0. The van der Waals surface area contributed by atoms with Crippen LogP contribution in [0, 0.1) is 0 Å². The molecule has 1 aromatic carbocycles. The molecule has 1 aromatic heterocycles. The van der Waals surface area contributed by atoms with Gasteiger partial charge in [-0.2, -0.15) is 13.2 Å². The Bertz CT molecular complexity index is 1050. The van der Waals surface area contributed by atoms with Crippen molar-refractivity contribution < 1.29 is 22.8 Å². The van der Waals surface area contributed by atoms with Crippen molar-refractivity contribution in [1.82, 2.24) is 25.1 Å². The summed E-state index contributed by atoms with van der Waals surface area (Å²) in [4.78, 5) is 36.1. The van der Waals surface area contributed by atoms with Gasteiger partial charge in [-0.25, -0.2) is 9.97 Å². The molecule has 2 aliphatic rings. The highest BCUT2D eigenvalue weighted by Crippen LogP contribution is 2.32. The monoisotopic (exact) mass is 478 g/mol. The Labute approximate surface area is 195 Å². The van der Waals surface area contributed by atoms with Gasteiger partial charge in [0.15, 0.2) is 0 Å². The van der Waals surface area contributed by atoms with Crippen LogP contribution in [-0.2, 0) is 15.8 Å². The lowest BCUT2D eigenvalue weighted by Gasteiger charge is -2.47. The maximum atomic E-state index is 13.1. The van der Waals surface area contributed by atoms with E-state index in [1.54, 1.807) is 6.92 Å². The van der Waals surface area contributed by atoms with Crippen LogP contribution in [0.2, 0.25) is 0 Å². The number of carbonyl (C=O) groups is 2. The van der Waals surface area contributed by atoms with Crippen molar-refractivity contribution in [3.63, 3.8) is 0 Å². The van der Waals surface area contributed by atoms with Crippen molar-refractivity contribution in [2.75, 3.05) is 32.0 Å². The summed E-state index contributed by atoms with van der Waals surface area (Å²) in [7, 11) is 1.86. The summed E-state index contributed by atoms with van der Waals surface area (Å²) in [6.07, 6.45) is 0.818. The van der Waals surface area contributed by atoms with E-state index in [1.807, 2.05) is 11.9 Å². The molecule has 11 heteroatoms. The fraction of sp³-hybridized carbons (Fsp3) is 0.565. The molecule has 4 rings (SSSR count). The van der Waals surface area contributed by atoms with Gasteiger partial charge in [-0.3, -0.25) is 14.5 Å². The number of likely N-dealkylation sites (tertiary alicyclic amines) is 1. The molecule has 2 aromatic rings. The largest absolute Gasteiger partial charge is 0.416 e. The van der Waals surface area contributed by atoms with Crippen molar-refractivity contribution in [3.05, 3.63) is 30.1 Å². The van der Waals surface area contributed by atoms with Crippen molar-refractivity contribution in [3.8, 4) is 0 Å². The second kappa shape index (κ2) is 9.73. The van der Waals surface area contributed by atoms with Crippen molar-refractivity contribution in [2.24, 2.45) is 0 Å². The van der Waals surface area contributed by atoms with Crippen LogP contribution in [0.1, 0.15) is 38.2 Å².